The SMILES string of the molecule is COC(=O)Nc1ccc2ccn3c(SC)c(-c4occc4C)nc3c2c1. The van der Waals surface area contributed by atoms with Crippen LogP contribution in [-0.4, -0.2) is 28.8 Å². The van der Waals surface area contributed by atoms with Crippen molar-refractivity contribution >= 4 is 40.0 Å². The largest absolute Gasteiger partial charge is 0.462 e. The number of ether oxygens (including phenoxy) is 1. The first-order valence-electron chi connectivity index (χ1n) is 8.00. The number of furan rings is 1. The molecule has 4 rings (SSSR count). The van der Waals surface area contributed by atoms with E-state index >= 15 is 0 Å². The van der Waals surface area contributed by atoms with Crippen LogP contribution in [0.25, 0.3) is 27.9 Å². The first-order chi connectivity index (χ1) is 12.6. The number of benzene rings is 1. The van der Waals surface area contributed by atoms with Gasteiger partial charge < -0.3 is 9.15 Å². The Labute approximate surface area is 154 Å². The van der Waals surface area contributed by atoms with E-state index in [0.717, 1.165) is 38.5 Å². The van der Waals surface area contributed by atoms with Gasteiger partial charge in [0.05, 0.1) is 13.4 Å². The maximum atomic E-state index is 11.5. The Morgan fingerprint density at radius 2 is 2.15 bits per heavy atom. The zero-order valence-corrected chi connectivity index (χ0v) is 15.4. The van der Waals surface area contributed by atoms with E-state index in [1.807, 2.05) is 54.1 Å². The van der Waals surface area contributed by atoms with Crippen molar-refractivity contribution in [1.29, 1.82) is 0 Å². The summed E-state index contributed by atoms with van der Waals surface area (Å²) in [6.45, 7) is 2.00. The molecule has 1 aromatic carbocycles. The third kappa shape index (κ3) is 2.61. The predicted molar refractivity (Wildman–Crippen MR) is 103 cm³/mol. The highest BCUT2D eigenvalue weighted by Gasteiger charge is 2.19. The summed E-state index contributed by atoms with van der Waals surface area (Å²) >= 11 is 1.62. The van der Waals surface area contributed by atoms with Crippen LogP contribution in [0.1, 0.15) is 5.56 Å². The normalized spacial score (nSPS) is 11.2. The Morgan fingerprint density at radius 1 is 1.31 bits per heavy atom. The molecule has 1 N–H and O–H groups in total. The molecule has 1 amide bonds. The molecule has 3 heterocycles. The lowest BCUT2D eigenvalue weighted by Gasteiger charge is -2.07. The van der Waals surface area contributed by atoms with Gasteiger partial charge in [-0.05, 0) is 48.4 Å². The number of aryl methyl sites for hydroxylation is 1. The summed E-state index contributed by atoms with van der Waals surface area (Å²) in [5, 5.41) is 5.68. The van der Waals surface area contributed by atoms with Crippen LogP contribution in [-0.2, 0) is 4.74 Å². The highest BCUT2D eigenvalue weighted by Crippen LogP contribution is 2.35. The fraction of sp³-hybridized carbons (Fsp3) is 0.158. The molecular formula is C19H17N3O3S. The lowest BCUT2D eigenvalue weighted by atomic mass is 10.1. The molecule has 0 bridgehead atoms. The third-order valence-corrected chi connectivity index (χ3v) is 5.04. The van der Waals surface area contributed by atoms with Crippen LogP contribution in [0.3, 0.4) is 0 Å². The molecule has 0 saturated carbocycles. The average Bonchev–Trinajstić information content (AvgIpc) is 3.24. The molecule has 0 aliphatic rings. The average molecular weight is 367 g/mol. The van der Waals surface area contributed by atoms with E-state index in [2.05, 4.69) is 10.1 Å². The van der Waals surface area contributed by atoms with Gasteiger partial charge in [-0.15, -0.1) is 11.8 Å². The van der Waals surface area contributed by atoms with Crippen molar-refractivity contribution in [2.24, 2.45) is 0 Å². The fourth-order valence-electron chi connectivity index (χ4n) is 3.00. The molecule has 0 unspecified atom stereocenters. The van der Waals surface area contributed by atoms with Crippen LogP contribution >= 0.6 is 11.8 Å². The van der Waals surface area contributed by atoms with Crippen molar-refractivity contribution in [3.05, 3.63) is 48.4 Å². The van der Waals surface area contributed by atoms with Gasteiger partial charge in [-0.25, -0.2) is 9.78 Å². The Morgan fingerprint density at radius 3 is 2.85 bits per heavy atom. The first-order valence-corrected chi connectivity index (χ1v) is 9.23. The monoisotopic (exact) mass is 367 g/mol. The van der Waals surface area contributed by atoms with Crippen LogP contribution < -0.4 is 5.32 Å². The number of rotatable bonds is 3. The summed E-state index contributed by atoms with van der Waals surface area (Å²) in [7, 11) is 1.34. The number of hydrogen-bond acceptors (Lipinski definition) is 5. The summed E-state index contributed by atoms with van der Waals surface area (Å²) in [6.07, 6.45) is 5.20. The van der Waals surface area contributed by atoms with Crippen LogP contribution in [0.15, 0.2) is 52.2 Å². The minimum Gasteiger partial charge on any atom is -0.462 e. The number of thioether (sulfide) groups is 1. The number of amides is 1. The van der Waals surface area contributed by atoms with E-state index < -0.39 is 6.09 Å². The molecule has 7 heteroatoms. The Bertz CT molecular complexity index is 1130. The van der Waals surface area contributed by atoms with Gasteiger partial charge in [-0.3, -0.25) is 9.72 Å². The lowest BCUT2D eigenvalue weighted by Crippen LogP contribution is -2.10. The molecule has 0 aliphatic carbocycles. The second kappa shape index (κ2) is 6.42. The zero-order valence-electron chi connectivity index (χ0n) is 14.6. The predicted octanol–water partition coefficient (Wildman–Crippen LogP) is 4.96. The molecule has 6 nitrogen and oxygen atoms in total. The van der Waals surface area contributed by atoms with Crippen LogP contribution in [0, 0.1) is 6.92 Å². The number of hydrogen-bond donors (Lipinski definition) is 1. The number of fused-ring (bicyclic) bond motifs is 3. The number of nitrogens with zero attached hydrogens (tertiary/aromatic N) is 2. The molecule has 0 aliphatic heterocycles. The number of carbonyl (C=O) groups excluding carboxylic acids is 1. The highest BCUT2D eigenvalue weighted by molar-refractivity contribution is 7.98. The summed E-state index contributed by atoms with van der Waals surface area (Å²) in [5.74, 6) is 0.773. The second-order valence-corrected chi connectivity index (χ2v) is 6.63. The summed E-state index contributed by atoms with van der Waals surface area (Å²) in [5.41, 5.74) is 3.33. The van der Waals surface area contributed by atoms with Crippen molar-refractivity contribution < 1.29 is 13.9 Å². The van der Waals surface area contributed by atoms with Crippen LogP contribution in [0.2, 0.25) is 0 Å². The molecule has 3 aromatic heterocycles. The van der Waals surface area contributed by atoms with Gasteiger partial charge in [0.1, 0.15) is 16.4 Å². The Hall–Kier alpha value is -2.93. The molecule has 0 atom stereocenters. The smallest absolute Gasteiger partial charge is 0.411 e. The molecule has 0 fully saturated rings. The number of methoxy groups -OCH3 is 1. The quantitative estimate of drug-likeness (QED) is 0.519. The van der Waals surface area contributed by atoms with Gasteiger partial charge in [-0.1, -0.05) is 6.07 Å². The standard InChI is InChI=1S/C19H17N3O3S/c1-11-7-9-25-16(11)15-18(26-3)22-8-6-12-4-5-13(20-19(23)24-2)10-14(12)17(22)21-15/h4-10H,1-3H3,(H,20,23). The molecule has 26 heavy (non-hydrogen) atoms. The van der Waals surface area contributed by atoms with Gasteiger partial charge in [0, 0.05) is 17.3 Å². The van der Waals surface area contributed by atoms with E-state index in [0.29, 0.717) is 5.69 Å². The highest BCUT2D eigenvalue weighted by atomic mass is 32.2. The molecule has 132 valence electrons. The number of aromatic nitrogens is 2. The van der Waals surface area contributed by atoms with Gasteiger partial charge in [0.2, 0.25) is 0 Å². The Balaban J connectivity index is 1.97. The van der Waals surface area contributed by atoms with Crippen molar-refractivity contribution in [3.63, 3.8) is 0 Å². The van der Waals surface area contributed by atoms with Crippen molar-refractivity contribution in [3.8, 4) is 11.5 Å². The summed E-state index contributed by atoms with van der Waals surface area (Å²) in [4.78, 5) is 16.4. The summed E-state index contributed by atoms with van der Waals surface area (Å²) < 4.78 is 12.4. The number of imidazole rings is 1. The topological polar surface area (TPSA) is 68.8 Å². The summed E-state index contributed by atoms with van der Waals surface area (Å²) in [6, 6.07) is 9.65. The maximum Gasteiger partial charge on any atom is 0.411 e. The number of anilines is 1. The van der Waals surface area contributed by atoms with E-state index in [1.54, 1.807) is 18.0 Å². The molecule has 0 spiro atoms. The van der Waals surface area contributed by atoms with Gasteiger partial charge in [0.25, 0.3) is 0 Å². The minimum absolute atomic E-state index is 0.503. The fourth-order valence-corrected chi connectivity index (χ4v) is 3.68. The third-order valence-electron chi connectivity index (χ3n) is 4.27. The van der Waals surface area contributed by atoms with Crippen LogP contribution in [0.4, 0.5) is 10.5 Å². The van der Waals surface area contributed by atoms with E-state index in [4.69, 9.17) is 9.40 Å². The molecule has 4 aromatic rings. The minimum atomic E-state index is -0.503. The van der Waals surface area contributed by atoms with E-state index in [-0.39, 0.29) is 0 Å². The number of pyridine rings is 1. The van der Waals surface area contributed by atoms with Crippen molar-refractivity contribution in [2.75, 3.05) is 18.7 Å². The lowest BCUT2D eigenvalue weighted by molar-refractivity contribution is 0.187. The van der Waals surface area contributed by atoms with E-state index in [1.165, 1.54) is 7.11 Å². The second-order valence-electron chi connectivity index (χ2n) is 5.83. The molecular weight excluding hydrogens is 350 g/mol. The first kappa shape index (κ1) is 16.5. The van der Waals surface area contributed by atoms with Gasteiger partial charge in [0.15, 0.2) is 5.76 Å². The zero-order chi connectivity index (χ0) is 18.3. The number of carbonyl (C=O) groups is 1. The molecule has 0 saturated heterocycles. The van der Waals surface area contributed by atoms with Gasteiger partial charge in [-0.2, -0.15) is 0 Å². The Kier molecular flexibility index (Phi) is 4.08. The van der Waals surface area contributed by atoms with Gasteiger partial charge >= 0.3 is 6.09 Å². The number of nitrogens with one attached hydrogen (secondary N) is 1. The maximum absolute atomic E-state index is 11.5. The van der Waals surface area contributed by atoms with Crippen molar-refractivity contribution in [2.45, 2.75) is 11.9 Å². The molecule has 0 radical (unpaired) electrons. The van der Waals surface area contributed by atoms with Crippen LogP contribution in [0.5, 0.6) is 0 Å². The van der Waals surface area contributed by atoms with Crippen molar-refractivity contribution in [1.82, 2.24) is 9.38 Å². The van der Waals surface area contributed by atoms with E-state index in [9.17, 15) is 4.79 Å².